The fourth-order valence-corrected chi connectivity index (χ4v) is 4.14. The Morgan fingerprint density at radius 3 is 2.29 bits per heavy atom. The Labute approximate surface area is 138 Å². The second-order valence-electron chi connectivity index (χ2n) is 5.05. The molecule has 0 aliphatic heterocycles. The lowest BCUT2D eigenvalue weighted by Gasteiger charge is -2.18. The highest BCUT2D eigenvalue weighted by molar-refractivity contribution is 7.87. The van der Waals surface area contributed by atoms with Gasteiger partial charge >= 0.3 is 6.18 Å². The first-order valence-electron chi connectivity index (χ1n) is 6.90. The van der Waals surface area contributed by atoms with E-state index in [2.05, 4.69) is 4.18 Å². The Balaban J connectivity index is 3.01. The molecule has 0 heterocycles. The van der Waals surface area contributed by atoms with E-state index in [4.69, 9.17) is 9.56 Å². The summed E-state index contributed by atoms with van der Waals surface area (Å²) in [7, 11) is -8.42. The van der Waals surface area contributed by atoms with Gasteiger partial charge in [0, 0.05) is 6.16 Å². The van der Waals surface area contributed by atoms with Crippen LogP contribution in [0.25, 0.3) is 0 Å². The van der Waals surface area contributed by atoms with Crippen LogP contribution in [0, 0.1) is 0 Å². The van der Waals surface area contributed by atoms with Crippen LogP contribution in [0.2, 0.25) is 0 Å². The van der Waals surface area contributed by atoms with Crippen molar-refractivity contribution in [3.05, 3.63) is 29.8 Å². The Morgan fingerprint density at radius 2 is 1.79 bits per heavy atom. The number of hydrogen-bond donors (Lipinski definition) is 0. The summed E-state index contributed by atoms with van der Waals surface area (Å²) in [6.07, 6.45) is -6.35. The predicted molar refractivity (Wildman–Crippen MR) is 80.0 cm³/mol. The summed E-state index contributed by atoms with van der Waals surface area (Å²) >= 11 is 0. The number of alkyl halides is 3. The fraction of sp³-hybridized carbons (Fsp3) is 0.538. The molecule has 138 valence electrons. The van der Waals surface area contributed by atoms with Crippen molar-refractivity contribution in [3.8, 4) is 0 Å². The monoisotopic (exact) mass is 390 g/mol. The highest BCUT2D eigenvalue weighted by atomic mass is 32.2. The zero-order chi connectivity index (χ0) is 18.6. The smallest absolute Gasteiger partial charge is 0.288 e. The third kappa shape index (κ3) is 5.86. The van der Waals surface area contributed by atoms with Gasteiger partial charge in [0.25, 0.3) is 17.5 Å². The van der Waals surface area contributed by atoms with E-state index in [9.17, 15) is 26.2 Å². The van der Waals surface area contributed by atoms with Gasteiger partial charge in [-0.15, -0.1) is 0 Å². The van der Waals surface area contributed by atoms with Gasteiger partial charge in [0.2, 0.25) is 0 Å². The highest BCUT2D eigenvalue weighted by Crippen LogP contribution is 2.47. The third-order valence-electron chi connectivity index (χ3n) is 2.72. The number of rotatable bonds is 8. The van der Waals surface area contributed by atoms with E-state index >= 15 is 0 Å². The molecule has 0 aromatic heterocycles. The van der Waals surface area contributed by atoms with E-state index in [-0.39, 0.29) is 6.16 Å². The molecule has 0 aliphatic rings. The minimum atomic E-state index is -4.88. The van der Waals surface area contributed by atoms with E-state index in [1.807, 2.05) is 0 Å². The van der Waals surface area contributed by atoms with Crippen molar-refractivity contribution in [1.82, 2.24) is 0 Å². The molecule has 0 N–H and O–H groups in total. The van der Waals surface area contributed by atoms with Crippen molar-refractivity contribution in [2.45, 2.75) is 37.9 Å². The quantitative estimate of drug-likeness (QED) is 0.289. The summed E-state index contributed by atoms with van der Waals surface area (Å²) in [6.45, 7) is 4.64. The maximum Gasteiger partial charge on any atom is 0.417 e. The van der Waals surface area contributed by atoms with Crippen LogP contribution < -0.4 is 0 Å². The summed E-state index contributed by atoms with van der Waals surface area (Å²) in [5.74, 6) is 0. The van der Waals surface area contributed by atoms with Crippen molar-refractivity contribution >= 4 is 17.5 Å². The first-order chi connectivity index (χ1) is 10.9. The summed E-state index contributed by atoms with van der Waals surface area (Å²) in [5, 5.41) is 0. The molecule has 0 fully saturated rings. The molecule has 1 atom stereocenters. The van der Waals surface area contributed by atoms with E-state index in [0.29, 0.717) is 6.07 Å². The molecule has 0 saturated heterocycles. The average Bonchev–Trinajstić information content (AvgIpc) is 2.50. The molecular weight excluding hydrogens is 372 g/mol. The van der Waals surface area contributed by atoms with Gasteiger partial charge in [0.05, 0.1) is 11.7 Å². The van der Waals surface area contributed by atoms with Gasteiger partial charge in [-0.25, -0.2) is 4.89 Å². The van der Waals surface area contributed by atoms with Gasteiger partial charge in [0.1, 0.15) is 11.2 Å². The third-order valence-corrected chi connectivity index (χ3v) is 6.06. The number of halogens is 3. The van der Waals surface area contributed by atoms with Gasteiger partial charge in [-0.2, -0.15) is 26.3 Å². The van der Waals surface area contributed by atoms with Crippen molar-refractivity contribution < 1.29 is 39.9 Å². The van der Waals surface area contributed by atoms with Crippen LogP contribution in [0.1, 0.15) is 26.3 Å². The van der Waals surface area contributed by atoms with Crippen molar-refractivity contribution in [3.63, 3.8) is 0 Å². The SMILES string of the molecule is CCP(=O)(COS(=O)(=O)c1ccccc1C(F)(F)F)OOC(C)C. The topological polar surface area (TPSA) is 78.9 Å². The van der Waals surface area contributed by atoms with Crippen molar-refractivity contribution in [2.24, 2.45) is 0 Å². The predicted octanol–water partition coefficient (Wildman–Crippen LogP) is 4.02. The first-order valence-corrected chi connectivity index (χ1v) is 10.3. The molecule has 1 aromatic carbocycles. The fourth-order valence-electron chi connectivity index (χ4n) is 1.46. The zero-order valence-corrected chi connectivity index (χ0v) is 15.0. The van der Waals surface area contributed by atoms with E-state index in [1.165, 1.54) is 6.92 Å². The average molecular weight is 390 g/mol. The first kappa shape index (κ1) is 21.1. The van der Waals surface area contributed by atoms with Gasteiger partial charge < -0.3 is 0 Å². The van der Waals surface area contributed by atoms with Gasteiger partial charge in [-0.05, 0) is 26.0 Å². The largest absolute Gasteiger partial charge is 0.417 e. The lowest BCUT2D eigenvalue weighted by atomic mass is 10.2. The molecule has 1 unspecified atom stereocenters. The molecular formula is C13H18F3O6PS. The molecule has 24 heavy (non-hydrogen) atoms. The van der Waals surface area contributed by atoms with Crippen LogP contribution in [0.4, 0.5) is 13.2 Å². The molecule has 1 aromatic rings. The minimum Gasteiger partial charge on any atom is -0.288 e. The van der Waals surface area contributed by atoms with Gasteiger partial charge in [-0.1, -0.05) is 19.1 Å². The molecule has 0 bridgehead atoms. The molecule has 0 aliphatic carbocycles. The normalized spacial score (nSPS) is 15.5. The summed E-state index contributed by atoms with van der Waals surface area (Å²) in [5.41, 5.74) is -1.37. The molecule has 6 nitrogen and oxygen atoms in total. The van der Waals surface area contributed by atoms with E-state index < -0.39 is 46.6 Å². The van der Waals surface area contributed by atoms with Crippen molar-refractivity contribution in [2.75, 3.05) is 12.5 Å². The Morgan fingerprint density at radius 1 is 1.21 bits per heavy atom. The van der Waals surface area contributed by atoms with Crippen LogP contribution in [0.3, 0.4) is 0 Å². The van der Waals surface area contributed by atoms with Gasteiger partial charge in [-0.3, -0.25) is 8.75 Å². The summed E-state index contributed by atoms with van der Waals surface area (Å²) in [4.78, 5) is 3.68. The maximum absolute atomic E-state index is 12.9. The number of hydrogen-bond acceptors (Lipinski definition) is 6. The Hall–Kier alpha value is -0.930. The number of benzene rings is 1. The van der Waals surface area contributed by atoms with E-state index in [1.54, 1.807) is 13.8 Å². The second kappa shape index (κ2) is 7.97. The van der Waals surface area contributed by atoms with Crippen LogP contribution in [-0.2, 0) is 34.6 Å². The lowest BCUT2D eigenvalue weighted by molar-refractivity contribution is -0.234. The second-order valence-corrected chi connectivity index (χ2v) is 9.30. The molecule has 0 spiro atoms. The highest BCUT2D eigenvalue weighted by Gasteiger charge is 2.38. The van der Waals surface area contributed by atoms with Crippen LogP contribution in [0.5, 0.6) is 0 Å². The Bertz CT molecular complexity index is 702. The molecule has 0 radical (unpaired) electrons. The summed E-state index contributed by atoms with van der Waals surface area (Å²) < 4.78 is 84.4. The van der Waals surface area contributed by atoms with Crippen molar-refractivity contribution in [1.29, 1.82) is 0 Å². The zero-order valence-electron chi connectivity index (χ0n) is 13.2. The lowest BCUT2D eigenvalue weighted by Crippen LogP contribution is -2.16. The van der Waals surface area contributed by atoms with E-state index in [0.717, 1.165) is 18.2 Å². The van der Waals surface area contributed by atoms with Gasteiger partial charge in [0.15, 0.2) is 0 Å². The summed E-state index contributed by atoms with van der Waals surface area (Å²) in [6, 6.07) is 3.57. The standard InChI is InChI=1S/C13H18F3O6PS/c1-4-23(17,22-21-10(2)3)9-20-24(18,19)12-8-6-5-7-11(12)13(14,15)16/h5-8,10H,4,9H2,1-3H3. The molecule has 1 rings (SSSR count). The van der Waals surface area contributed by atoms with Crippen LogP contribution in [0.15, 0.2) is 29.2 Å². The molecule has 0 amide bonds. The minimum absolute atomic E-state index is 0.115. The Kier molecular flexibility index (Phi) is 7.01. The maximum atomic E-state index is 12.9. The van der Waals surface area contributed by atoms with Crippen LogP contribution in [-0.4, -0.2) is 27.0 Å². The molecule has 11 heteroatoms. The van der Waals surface area contributed by atoms with Crippen LogP contribution >= 0.6 is 7.37 Å². The molecule has 0 saturated carbocycles.